The zero-order valence-corrected chi connectivity index (χ0v) is 16.1. The molecule has 0 spiro atoms. The van der Waals surface area contributed by atoms with E-state index in [1.54, 1.807) is 12.1 Å². The predicted octanol–water partition coefficient (Wildman–Crippen LogP) is 3.23. The third kappa shape index (κ3) is 4.14. The molecule has 1 aliphatic heterocycles. The van der Waals surface area contributed by atoms with E-state index in [4.69, 9.17) is 4.74 Å². The van der Waals surface area contributed by atoms with E-state index in [1.807, 2.05) is 12.1 Å². The van der Waals surface area contributed by atoms with E-state index < -0.39 is 15.4 Å². The van der Waals surface area contributed by atoms with Crippen LogP contribution in [0.2, 0.25) is 0 Å². The molecule has 2 unspecified atom stereocenters. The Bertz CT molecular complexity index is 839. The lowest BCUT2D eigenvalue weighted by Gasteiger charge is -2.36. The first kappa shape index (κ1) is 19.0. The van der Waals surface area contributed by atoms with E-state index in [-0.39, 0.29) is 23.4 Å². The molecule has 26 heavy (non-hydrogen) atoms. The number of nitrogens with one attached hydrogen (secondary N) is 1. The summed E-state index contributed by atoms with van der Waals surface area (Å²) in [5.74, 6) is -0.0738. The van der Waals surface area contributed by atoms with Crippen LogP contribution in [0.3, 0.4) is 0 Å². The molecule has 1 aliphatic rings. The molecule has 0 saturated carbocycles. The summed E-state index contributed by atoms with van der Waals surface area (Å²) < 4.78 is 31.1. The number of hydrogen-bond donors (Lipinski definition) is 1. The molecule has 1 N–H and O–H groups in total. The Morgan fingerprint density at radius 1 is 1.23 bits per heavy atom. The zero-order chi connectivity index (χ0) is 18.6. The van der Waals surface area contributed by atoms with E-state index in [0.717, 1.165) is 24.9 Å². The number of rotatable bonds is 5. The number of aromatic nitrogens is 1. The molecule has 1 aromatic carbocycles. The maximum absolute atomic E-state index is 12.4. The van der Waals surface area contributed by atoms with Gasteiger partial charge in [-0.1, -0.05) is 30.3 Å². The molecule has 2 heterocycles. The van der Waals surface area contributed by atoms with Gasteiger partial charge in [-0.05, 0) is 56.5 Å². The number of ether oxygens (including phenoxy) is 1. The van der Waals surface area contributed by atoms with E-state index in [1.165, 1.54) is 17.8 Å². The lowest BCUT2D eigenvalue weighted by molar-refractivity contribution is -0.0383. The highest BCUT2D eigenvalue weighted by Gasteiger charge is 2.32. The van der Waals surface area contributed by atoms with Gasteiger partial charge in [0.25, 0.3) is 0 Å². The van der Waals surface area contributed by atoms with Gasteiger partial charge in [-0.3, -0.25) is 0 Å². The second-order valence-corrected chi connectivity index (χ2v) is 8.99. The standard InChI is InChI=1S/C20H26N2O3S/c1-16-17-8-3-4-9-18(17)20(2,11-7-13-21-16)25-14-15-26(23,24)19-10-5-6-12-22-19/h3-6,8-10,12,16,21H,7,11,13-15H2,1-2H3. The number of fused-ring (bicyclic) bond motifs is 1. The van der Waals surface area contributed by atoms with Gasteiger partial charge in [0.15, 0.2) is 14.9 Å². The van der Waals surface area contributed by atoms with Crippen LogP contribution in [-0.2, 0) is 20.2 Å². The molecule has 1 aromatic heterocycles. The van der Waals surface area contributed by atoms with Crippen LogP contribution in [0.25, 0.3) is 0 Å². The third-order valence-electron chi connectivity index (χ3n) is 5.01. The van der Waals surface area contributed by atoms with Crippen LogP contribution in [0, 0.1) is 0 Å². The Morgan fingerprint density at radius 3 is 2.77 bits per heavy atom. The second kappa shape index (κ2) is 7.86. The topological polar surface area (TPSA) is 68.3 Å². The lowest BCUT2D eigenvalue weighted by Crippen LogP contribution is -2.35. The number of hydrogen-bond acceptors (Lipinski definition) is 5. The summed E-state index contributed by atoms with van der Waals surface area (Å²) in [6.07, 6.45) is 3.31. The molecule has 140 valence electrons. The SMILES string of the molecule is CC1NCCCC(C)(OCCS(=O)(=O)c2ccccn2)c2ccccc21. The van der Waals surface area contributed by atoms with Gasteiger partial charge in [-0.15, -0.1) is 0 Å². The first-order valence-electron chi connectivity index (χ1n) is 9.03. The Morgan fingerprint density at radius 2 is 2.00 bits per heavy atom. The van der Waals surface area contributed by atoms with E-state index in [2.05, 4.69) is 36.3 Å². The molecule has 0 saturated heterocycles. The fourth-order valence-corrected chi connectivity index (χ4v) is 4.53. The van der Waals surface area contributed by atoms with Crippen LogP contribution in [0.15, 0.2) is 53.7 Å². The second-order valence-electron chi connectivity index (χ2n) is 6.93. The van der Waals surface area contributed by atoms with Gasteiger partial charge < -0.3 is 10.1 Å². The molecule has 0 bridgehead atoms. The Kier molecular flexibility index (Phi) is 5.75. The van der Waals surface area contributed by atoms with Crippen LogP contribution in [0.4, 0.5) is 0 Å². The molecule has 0 amide bonds. The minimum Gasteiger partial charge on any atom is -0.370 e. The van der Waals surface area contributed by atoms with E-state index in [9.17, 15) is 8.42 Å². The van der Waals surface area contributed by atoms with Crippen molar-refractivity contribution >= 4 is 9.84 Å². The van der Waals surface area contributed by atoms with Crippen molar-refractivity contribution in [1.29, 1.82) is 0 Å². The summed E-state index contributed by atoms with van der Waals surface area (Å²) in [4.78, 5) is 3.95. The van der Waals surface area contributed by atoms with Gasteiger partial charge in [-0.2, -0.15) is 0 Å². The average Bonchev–Trinajstić information content (AvgIpc) is 2.65. The van der Waals surface area contributed by atoms with Crippen molar-refractivity contribution in [3.8, 4) is 0 Å². The quantitative estimate of drug-likeness (QED) is 0.870. The maximum Gasteiger partial charge on any atom is 0.197 e. The number of nitrogens with zero attached hydrogens (tertiary/aromatic N) is 1. The largest absolute Gasteiger partial charge is 0.370 e. The first-order valence-corrected chi connectivity index (χ1v) is 10.7. The van der Waals surface area contributed by atoms with E-state index >= 15 is 0 Å². The van der Waals surface area contributed by atoms with Crippen LogP contribution in [-0.4, -0.2) is 32.3 Å². The predicted molar refractivity (Wildman–Crippen MR) is 102 cm³/mol. The van der Waals surface area contributed by atoms with Crippen molar-refractivity contribution in [1.82, 2.24) is 10.3 Å². The van der Waals surface area contributed by atoms with Crippen molar-refractivity contribution in [2.45, 2.75) is 43.4 Å². The summed E-state index contributed by atoms with van der Waals surface area (Å²) in [7, 11) is -3.44. The highest BCUT2D eigenvalue weighted by molar-refractivity contribution is 7.91. The third-order valence-corrected chi connectivity index (χ3v) is 6.59. The molecular weight excluding hydrogens is 348 g/mol. The smallest absolute Gasteiger partial charge is 0.197 e. The maximum atomic E-state index is 12.4. The molecule has 2 atom stereocenters. The minimum absolute atomic E-state index is 0.0738. The van der Waals surface area contributed by atoms with Crippen LogP contribution < -0.4 is 5.32 Å². The van der Waals surface area contributed by atoms with Gasteiger partial charge in [0, 0.05) is 12.2 Å². The van der Waals surface area contributed by atoms with Gasteiger partial charge in [0.2, 0.25) is 0 Å². The van der Waals surface area contributed by atoms with Crippen molar-refractivity contribution < 1.29 is 13.2 Å². The number of benzene rings is 1. The first-order chi connectivity index (χ1) is 12.4. The van der Waals surface area contributed by atoms with Crippen LogP contribution in [0.5, 0.6) is 0 Å². The molecule has 2 aromatic rings. The molecule has 3 rings (SSSR count). The van der Waals surface area contributed by atoms with Crippen molar-refractivity contribution in [3.05, 3.63) is 59.8 Å². The summed E-state index contributed by atoms with van der Waals surface area (Å²) in [6.45, 7) is 5.28. The average molecular weight is 375 g/mol. The molecule has 6 heteroatoms. The summed E-state index contributed by atoms with van der Waals surface area (Å²) >= 11 is 0. The monoisotopic (exact) mass is 374 g/mol. The molecule has 5 nitrogen and oxygen atoms in total. The van der Waals surface area contributed by atoms with Gasteiger partial charge in [0.05, 0.1) is 18.0 Å². The zero-order valence-electron chi connectivity index (χ0n) is 15.3. The number of sulfone groups is 1. The Labute approximate surface area is 155 Å². The summed E-state index contributed by atoms with van der Waals surface area (Å²) in [5.41, 5.74) is 1.85. The minimum atomic E-state index is -3.44. The summed E-state index contributed by atoms with van der Waals surface area (Å²) in [5, 5.41) is 3.62. The van der Waals surface area contributed by atoms with E-state index in [0.29, 0.717) is 0 Å². The fourth-order valence-electron chi connectivity index (χ4n) is 3.51. The normalized spacial score (nSPS) is 23.7. The lowest BCUT2D eigenvalue weighted by atomic mass is 9.84. The number of pyridine rings is 1. The van der Waals surface area contributed by atoms with Crippen LogP contribution in [0.1, 0.15) is 43.9 Å². The van der Waals surface area contributed by atoms with Crippen LogP contribution >= 0.6 is 0 Å². The fraction of sp³-hybridized carbons (Fsp3) is 0.450. The van der Waals surface area contributed by atoms with Crippen molar-refractivity contribution in [2.24, 2.45) is 0 Å². The Balaban J connectivity index is 1.77. The highest BCUT2D eigenvalue weighted by atomic mass is 32.2. The van der Waals surface area contributed by atoms with Crippen molar-refractivity contribution in [2.75, 3.05) is 18.9 Å². The Hall–Kier alpha value is -1.76. The molecular formula is C20H26N2O3S. The molecule has 0 fully saturated rings. The molecule has 0 radical (unpaired) electrons. The van der Waals surface area contributed by atoms with Gasteiger partial charge >= 0.3 is 0 Å². The van der Waals surface area contributed by atoms with Gasteiger partial charge in [-0.25, -0.2) is 13.4 Å². The summed E-state index contributed by atoms with van der Waals surface area (Å²) in [6, 6.07) is 13.4. The molecule has 0 aliphatic carbocycles. The highest BCUT2D eigenvalue weighted by Crippen LogP contribution is 2.36. The van der Waals surface area contributed by atoms with Crippen molar-refractivity contribution in [3.63, 3.8) is 0 Å². The van der Waals surface area contributed by atoms with Gasteiger partial charge in [0.1, 0.15) is 0 Å².